The number of halogens is 2. The minimum absolute atomic E-state index is 0.0192. The number of ether oxygens (including phenoxy) is 2. The monoisotopic (exact) mass is 697 g/mol. The van der Waals surface area contributed by atoms with Crippen molar-refractivity contribution < 1.29 is 41.5 Å². The van der Waals surface area contributed by atoms with Gasteiger partial charge in [-0.1, -0.05) is 29.7 Å². The number of aromatic nitrogens is 9. The average molecular weight is 698 g/mol. The number of thiol groups is 2. The molecule has 25 heteroatoms. The summed E-state index contributed by atoms with van der Waals surface area (Å²) in [4.78, 5) is 30.3. The molecule has 238 valence electrons. The van der Waals surface area contributed by atoms with Gasteiger partial charge in [-0.3, -0.25) is 23.5 Å². The fourth-order valence-electron chi connectivity index (χ4n) is 5.06. The molecule has 0 aliphatic carbocycles. The number of fused-ring (bicyclic) bond motifs is 2. The molecule has 10 atom stereocenters. The van der Waals surface area contributed by atoms with Gasteiger partial charge in [-0.25, -0.2) is 23.7 Å². The van der Waals surface area contributed by atoms with Crippen molar-refractivity contribution in [1.82, 2.24) is 44.5 Å². The lowest BCUT2D eigenvalue weighted by atomic mass is 10.1. The van der Waals surface area contributed by atoms with Crippen molar-refractivity contribution in [1.29, 1.82) is 0 Å². The quantitative estimate of drug-likeness (QED) is 0.101. The Bertz CT molecular complexity index is 1850. The van der Waals surface area contributed by atoms with E-state index in [2.05, 4.69) is 59.7 Å². The first-order valence-electron chi connectivity index (χ1n) is 12.5. The van der Waals surface area contributed by atoms with Crippen LogP contribution in [0.5, 0.6) is 0 Å². The number of alkyl halides is 2. The van der Waals surface area contributed by atoms with E-state index in [9.17, 15) is 19.0 Å². The Hall–Kier alpha value is -2.75. The summed E-state index contributed by atoms with van der Waals surface area (Å²) in [5.41, 5.74) is 8.81. The van der Waals surface area contributed by atoms with Crippen LogP contribution in [0, 0.1) is 0 Å². The van der Waals surface area contributed by atoms with Gasteiger partial charge in [-0.15, -0.1) is 5.10 Å². The number of aromatic amines is 1. The van der Waals surface area contributed by atoms with Gasteiger partial charge in [0.15, 0.2) is 46.8 Å². The maximum absolute atomic E-state index is 15.7. The summed E-state index contributed by atoms with van der Waals surface area (Å²) in [6, 6.07) is 0. The summed E-state index contributed by atoms with van der Waals surface area (Å²) < 4.78 is 81.4. The summed E-state index contributed by atoms with van der Waals surface area (Å²) in [5, 5.41) is 17.4. The molecule has 0 amide bonds. The summed E-state index contributed by atoms with van der Waals surface area (Å²) >= 11 is 7.88. The van der Waals surface area contributed by atoms with E-state index < -0.39 is 81.3 Å². The molecular formula is C19H23F2N11O8P2S2. The van der Waals surface area contributed by atoms with E-state index in [-0.39, 0.29) is 34.1 Å². The maximum Gasteiger partial charge on any atom is 0.280 e. The highest BCUT2D eigenvalue weighted by Crippen LogP contribution is 2.64. The molecule has 2 aliphatic heterocycles. The van der Waals surface area contributed by atoms with Crippen molar-refractivity contribution in [2.24, 2.45) is 0 Å². The Morgan fingerprint density at radius 3 is 2.61 bits per heavy atom. The van der Waals surface area contributed by atoms with E-state index in [0.717, 1.165) is 21.9 Å². The highest BCUT2D eigenvalue weighted by Gasteiger charge is 2.56. The van der Waals surface area contributed by atoms with E-state index in [1.54, 1.807) is 0 Å². The van der Waals surface area contributed by atoms with Crippen molar-refractivity contribution in [2.75, 3.05) is 24.7 Å². The van der Waals surface area contributed by atoms with Gasteiger partial charge in [-0.2, -0.15) is 9.67 Å². The van der Waals surface area contributed by atoms with E-state index in [4.69, 9.17) is 30.0 Å². The van der Waals surface area contributed by atoms with Crippen LogP contribution in [0.1, 0.15) is 12.5 Å². The largest absolute Gasteiger partial charge is 0.394 e. The molecule has 0 radical (unpaired) electrons. The van der Waals surface area contributed by atoms with Gasteiger partial charge in [-0.05, 0) is 0 Å². The molecule has 0 aromatic carbocycles. The van der Waals surface area contributed by atoms with Crippen LogP contribution in [0.3, 0.4) is 0 Å². The number of nitrogens with two attached hydrogens (primary N) is 2. The number of aliphatic hydroxyl groups excluding tert-OH is 1. The molecule has 2 fully saturated rings. The predicted octanol–water partition coefficient (Wildman–Crippen LogP) is 0.195. The van der Waals surface area contributed by atoms with E-state index in [1.165, 1.54) is 0 Å². The minimum atomic E-state index is -4.43. The topological polar surface area (TPSA) is 263 Å². The third-order valence-electron chi connectivity index (χ3n) is 7.03. The van der Waals surface area contributed by atoms with Gasteiger partial charge in [0.1, 0.15) is 36.5 Å². The number of nitrogens with one attached hydrogen (secondary N) is 1. The predicted molar refractivity (Wildman–Crippen MR) is 154 cm³/mol. The molecule has 2 aliphatic rings. The standard InChI is InChI=1S/C19H23F2N11O8P2S2/c20-7-5(1-33)38-18(31-4-26-10-15(31)27-19(23)28-16(10)34)12(7)42(36,44)37-2-6-11(40-41(35)43)8(21)17(39-6)32-14-9(29-30-32)13(22)24-3-25-14/h3-8,11-12,17-18,33,41H,1-2H2,(H,35,43)(H,36,44)(H2,22,24,25)(H3,23,27,28,34)/t5-,6-,7+,8+,11-,12-,17-,18-,42?/m1/s1. The highest BCUT2D eigenvalue weighted by atomic mass is 32.7. The molecule has 4 aromatic heterocycles. The van der Waals surface area contributed by atoms with Crippen LogP contribution >= 0.6 is 38.3 Å². The summed E-state index contributed by atoms with van der Waals surface area (Å²) in [7, 11) is -3.05. The smallest absolute Gasteiger partial charge is 0.280 e. The van der Waals surface area contributed by atoms with E-state index in [1.807, 2.05) is 0 Å². The number of aliphatic hydroxyl groups is 1. The second-order valence-electron chi connectivity index (χ2n) is 9.64. The molecule has 0 bridgehead atoms. The molecule has 44 heavy (non-hydrogen) atoms. The van der Waals surface area contributed by atoms with Crippen molar-refractivity contribution in [3.8, 4) is 0 Å². The molecule has 4 aromatic rings. The number of anilines is 2. The fourth-order valence-corrected chi connectivity index (χ4v) is 8.48. The maximum atomic E-state index is 15.7. The van der Waals surface area contributed by atoms with E-state index in [0.29, 0.717) is 0 Å². The Balaban J connectivity index is 1.29. The van der Waals surface area contributed by atoms with Gasteiger partial charge < -0.3 is 35.1 Å². The molecule has 6 N–H and O–H groups in total. The molecule has 0 saturated carbocycles. The number of nitrogen functional groups attached to an aromatic ring is 2. The van der Waals surface area contributed by atoms with Gasteiger partial charge in [0.2, 0.25) is 13.2 Å². The lowest BCUT2D eigenvalue weighted by Crippen LogP contribution is -2.34. The first-order chi connectivity index (χ1) is 20.9. The second kappa shape index (κ2) is 11.9. The van der Waals surface area contributed by atoms with Gasteiger partial charge in [0.25, 0.3) is 12.1 Å². The number of hydrogen-bond donors (Lipinski definition) is 6. The Kier molecular flexibility index (Phi) is 8.43. The lowest BCUT2D eigenvalue weighted by molar-refractivity contribution is -0.0445. The molecular weight excluding hydrogens is 674 g/mol. The van der Waals surface area contributed by atoms with Gasteiger partial charge >= 0.3 is 0 Å². The summed E-state index contributed by atoms with van der Waals surface area (Å²) in [6.45, 7) is -5.96. The van der Waals surface area contributed by atoms with Gasteiger partial charge in [0.05, 0.1) is 19.5 Å². The average Bonchev–Trinajstić information content (AvgIpc) is 3.72. The summed E-state index contributed by atoms with van der Waals surface area (Å²) in [5.74, 6) is -0.306. The molecule has 6 heterocycles. The fraction of sp³-hybridized carbons (Fsp3) is 0.526. The third kappa shape index (κ3) is 5.39. The number of hydrogen-bond acceptors (Lipinski definition) is 16. The number of nitrogens with zero attached hydrogens (tertiary/aromatic N) is 8. The zero-order chi connectivity index (χ0) is 31.5. The SMILES string of the molecule is Nc1nc2c(ncn2[C@@H]2O[C@H](CO)[C@H](F)[C@H]2P(=O)(S)OC[C@H]2O[C@@H](n3nnc4c(N)ncnc43)[C@@H](F)[C@@H]2O[PH](=O)S)c(=O)[nH]1. The van der Waals surface area contributed by atoms with Crippen molar-refractivity contribution in [3.05, 3.63) is 23.0 Å². The van der Waals surface area contributed by atoms with Crippen LogP contribution in [0.15, 0.2) is 17.4 Å². The minimum Gasteiger partial charge on any atom is -0.394 e. The van der Waals surface area contributed by atoms with Crippen LogP contribution in [-0.4, -0.2) is 99.1 Å². The molecule has 19 nitrogen and oxygen atoms in total. The first-order valence-corrected chi connectivity index (χ1v) is 18.0. The molecule has 0 spiro atoms. The Morgan fingerprint density at radius 1 is 1.14 bits per heavy atom. The van der Waals surface area contributed by atoms with E-state index >= 15 is 8.78 Å². The Labute approximate surface area is 254 Å². The lowest BCUT2D eigenvalue weighted by Gasteiger charge is -2.27. The van der Waals surface area contributed by atoms with Crippen LogP contribution < -0.4 is 17.0 Å². The zero-order valence-corrected chi connectivity index (χ0v) is 25.5. The Morgan fingerprint density at radius 2 is 1.89 bits per heavy atom. The summed E-state index contributed by atoms with van der Waals surface area (Å²) in [6.07, 6.45) is -9.48. The number of rotatable bonds is 9. The molecule has 6 rings (SSSR count). The van der Waals surface area contributed by atoms with Crippen LogP contribution in [0.25, 0.3) is 22.3 Å². The van der Waals surface area contributed by atoms with Crippen molar-refractivity contribution >= 4 is 72.4 Å². The number of H-pyrrole nitrogens is 1. The second-order valence-corrected chi connectivity index (χ2v) is 15.2. The molecule has 2 unspecified atom stereocenters. The van der Waals surface area contributed by atoms with Crippen LogP contribution in [0.4, 0.5) is 20.5 Å². The highest BCUT2D eigenvalue weighted by molar-refractivity contribution is 8.46. The third-order valence-corrected chi connectivity index (χ3v) is 10.8. The zero-order valence-electron chi connectivity index (χ0n) is 21.8. The molecule has 2 saturated heterocycles. The van der Waals surface area contributed by atoms with Crippen LogP contribution in [-0.2, 0) is 27.7 Å². The number of imidazole rings is 1. The van der Waals surface area contributed by atoms with Crippen molar-refractivity contribution in [3.63, 3.8) is 0 Å². The normalized spacial score (nSPS) is 31.1. The van der Waals surface area contributed by atoms with Crippen molar-refractivity contribution in [2.45, 2.75) is 48.8 Å². The first kappa shape index (κ1) is 31.2. The van der Waals surface area contributed by atoms with Crippen LogP contribution in [0.2, 0.25) is 0 Å². The van der Waals surface area contributed by atoms with Gasteiger partial charge in [0, 0.05) is 0 Å².